The Kier molecular flexibility index (Phi) is 9.64. The third-order valence-electron chi connectivity index (χ3n) is 0. The van der Waals surface area contributed by atoms with Gasteiger partial charge in [-0.1, -0.05) is 0 Å². The molecule has 0 aliphatic heterocycles. The molecular weight excluding hydrogens is 451 g/mol. The van der Waals surface area contributed by atoms with E-state index in [1.807, 2.05) is 0 Å². The molecule has 0 fully saturated rings. The van der Waals surface area contributed by atoms with Crippen LogP contribution in [-0.2, 0) is 16.9 Å². The summed E-state index contributed by atoms with van der Waals surface area (Å²) in [4.78, 5) is 0. The first-order valence-corrected chi connectivity index (χ1v) is 15.5. The molecule has 0 amide bonds. The van der Waals surface area contributed by atoms with Crippen LogP contribution in [0.15, 0.2) is 0 Å². The fourth-order valence-electron chi connectivity index (χ4n) is 0. The summed E-state index contributed by atoms with van der Waals surface area (Å²) in [6.45, 7) is -5.15. The van der Waals surface area contributed by atoms with Crippen LogP contribution in [0.5, 0.6) is 0 Å². The second-order valence-electron chi connectivity index (χ2n) is 1.16. The molecule has 0 aromatic rings. The molecule has 0 saturated carbocycles. The van der Waals surface area contributed by atoms with Crippen molar-refractivity contribution in [3.05, 3.63) is 0 Å². The molecule has 2 N–H and O–H groups in total. The molecule has 0 unspecified atom stereocenters. The summed E-state index contributed by atoms with van der Waals surface area (Å²) in [6, 6.07) is 0. The molecule has 0 spiro atoms. The third kappa shape index (κ3) is 204. The molecule has 13 heavy (non-hydrogen) atoms. The van der Waals surface area contributed by atoms with E-state index in [0.717, 1.165) is 0 Å². The quantitative estimate of drug-likeness (QED) is 0.416. The van der Waals surface area contributed by atoms with E-state index in [2.05, 4.69) is 0 Å². The van der Waals surface area contributed by atoms with Crippen molar-refractivity contribution in [1.82, 2.24) is 0 Å². The number of hydrogen-bond donors (Lipinski definition) is 2. The van der Waals surface area contributed by atoms with Gasteiger partial charge in [0.1, 0.15) is 0 Å². The monoisotopic (exact) mass is 451 g/mol. The smallest absolute Gasteiger partial charge is 1.00 e. The first-order chi connectivity index (χ1) is 4.45. The fraction of sp³-hybridized carbons (Fsp3) is 0. The van der Waals surface area contributed by atoms with Gasteiger partial charge in [0.15, 0.2) is 0 Å². The topological polar surface area (TPSA) is 74.6 Å². The van der Waals surface area contributed by atoms with Crippen molar-refractivity contribution in [2.45, 2.75) is 0 Å². The standard InChI is InChI=1S/6ClH.K.H2O4S.Rh.H/c;;;;;;;1-5(2,3)4;;/h6*1H;;(H2,1,2,3,4);;/q;;;;;;+1;;+6;-1/p-6. The molecule has 0 aliphatic carbocycles. The Labute approximate surface area is 142 Å². The molecule has 0 atom stereocenters. The largest absolute Gasteiger partial charge is 1.00 e. The Hall–Kier alpha value is 3.87. The molecule has 0 saturated heterocycles. The Bertz CT molecular complexity index is 232. The predicted octanol–water partition coefficient (Wildman–Crippen LogP) is 0.598. The fourth-order valence-corrected chi connectivity index (χ4v) is 0. The molecule has 0 bridgehead atoms. The van der Waals surface area contributed by atoms with Crippen LogP contribution in [0.1, 0.15) is 1.43 Å². The van der Waals surface area contributed by atoms with E-state index < -0.39 is 16.9 Å². The summed E-state index contributed by atoms with van der Waals surface area (Å²) >= 11 is 0. The Morgan fingerprint density at radius 2 is 0.923 bits per heavy atom. The van der Waals surface area contributed by atoms with Crippen LogP contribution in [-0.4, -0.2) is 17.5 Å². The van der Waals surface area contributed by atoms with Gasteiger partial charge >= 0.3 is 126 Å². The summed E-state index contributed by atoms with van der Waals surface area (Å²) in [5.41, 5.74) is 0. The van der Waals surface area contributed by atoms with Crippen molar-refractivity contribution in [1.29, 1.82) is 0 Å². The maximum atomic E-state index is 8.74. The Morgan fingerprint density at radius 1 is 0.923 bits per heavy atom. The maximum absolute atomic E-state index is 8.74. The molecule has 85 valence electrons. The molecule has 0 radical (unpaired) electrons. The first-order valence-electron chi connectivity index (χ1n) is 1.45. The van der Waals surface area contributed by atoms with E-state index in [1.54, 1.807) is 0 Å². The van der Waals surface area contributed by atoms with Crippen LogP contribution in [0, 0.1) is 0 Å². The van der Waals surface area contributed by atoms with E-state index in [1.165, 1.54) is 0 Å². The zero-order chi connectivity index (χ0) is 10.9. The van der Waals surface area contributed by atoms with Crippen LogP contribution >= 0.6 is 58.1 Å². The van der Waals surface area contributed by atoms with Gasteiger partial charge < -0.3 is 1.43 Å². The molecule has 0 aliphatic rings. The molecule has 0 aromatic carbocycles. The van der Waals surface area contributed by atoms with Crippen molar-refractivity contribution >= 4 is 68.5 Å². The average molecular weight is 454 g/mol. The van der Waals surface area contributed by atoms with Gasteiger partial charge in [0, 0.05) is 0 Å². The Morgan fingerprint density at radius 3 is 0.923 bits per heavy atom. The normalized spacial score (nSPS) is 16.9. The van der Waals surface area contributed by atoms with Gasteiger partial charge in [0.25, 0.3) is 0 Å². The zero-order valence-electron chi connectivity index (χ0n) is 6.72. The average Bonchev–Trinajstić information content (AvgIpc) is 1.04. The van der Waals surface area contributed by atoms with Gasteiger partial charge in [-0.15, -0.1) is 0 Å². The maximum Gasteiger partial charge on any atom is 1.00 e. The van der Waals surface area contributed by atoms with E-state index in [0.29, 0.717) is 0 Å². The van der Waals surface area contributed by atoms with Gasteiger partial charge in [-0.3, -0.25) is 9.11 Å². The third-order valence-corrected chi connectivity index (χ3v) is 0. The Balaban J connectivity index is -0.0000000651. The van der Waals surface area contributed by atoms with Gasteiger partial charge in [-0.05, 0) is 0 Å². The first kappa shape index (κ1) is 22.1. The van der Waals surface area contributed by atoms with Gasteiger partial charge in [-0.2, -0.15) is 8.42 Å². The molecule has 0 aromatic heterocycles. The predicted molar refractivity (Wildman–Crippen MR) is 50.4 cm³/mol. The molecule has 0 rings (SSSR count). The van der Waals surface area contributed by atoms with Gasteiger partial charge in [0.2, 0.25) is 0 Å². The van der Waals surface area contributed by atoms with Crippen molar-refractivity contribution in [3.63, 3.8) is 0 Å². The molecular formula is H3Cl6KO4RhS. The van der Waals surface area contributed by atoms with Crippen LogP contribution in [0.2, 0.25) is 0 Å². The van der Waals surface area contributed by atoms with Crippen molar-refractivity contribution in [2.75, 3.05) is 0 Å². The minimum Gasteiger partial charge on any atom is -1.00 e. The van der Waals surface area contributed by atoms with Crippen LogP contribution < -0.4 is 51.4 Å². The van der Waals surface area contributed by atoms with Gasteiger partial charge in [-0.25, -0.2) is 0 Å². The number of hydrogen-bond acceptors (Lipinski definition) is 2. The van der Waals surface area contributed by atoms with Crippen molar-refractivity contribution < 1.29 is 76.8 Å². The summed E-state index contributed by atoms with van der Waals surface area (Å²) in [5, 5.41) is 0. The van der Waals surface area contributed by atoms with Crippen LogP contribution in [0.4, 0.5) is 0 Å². The minimum atomic E-state index is -5.15. The van der Waals surface area contributed by atoms with E-state index in [4.69, 9.17) is 75.7 Å². The van der Waals surface area contributed by atoms with Gasteiger partial charge in [0.05, 0.1) is 0 Å². The molecule has 4 nitrogen and oxygen atoms in total. The molecule has 0 heterocycles. The summed E-state index contributed by atoms with van der Waals surface area (Å²) in [5.74, 6) is 0. The van der Waals surface area contributed by atoms with Crippen molar-refractivity contribution in [2.24, 2.45) is 0 Å². The minimum absolute atomic E-state index is 0. The van der Waals surface area contributed by atoms with E-state index in [-0.39, 0.29) is 52.8 Å². The van der Waals surface area contributed by atoms with Crippen LogP contribution in [0.25, 0.3) is 0 Å². The van der Waals surface area contributed by atoms with E-state index >= 15 is 0 Å². The SMILES string of the molecule is O=S(=O)(O)O.[Cl][Rh]([Cl])([Cl])([Cl])([Cl])[Cl].[H-].[K+]. The van der Waals surface area contributed by atoms with Crippen LogP contribution in [0.3, 0.4) is 0 Å². The summed E-state index contributed by atoms with van der Waals surface area (Å²) in [7, 11) is 25.6. The van der Waals surface area contributed by atoms with Crippen molar-refractivity contribution in [3.8, 4) is 0 Å². The number of halogens is 6. The zero-order valence-corrected chi connectivity index (χ0v) is 15.8. The second kappa shape index (κ2) is 5.67. The number of rotatable bonds is 0. The second-order valence-corrected chi connectivity index (χ2v) is 39.4. The van der Waals surface area contributed by atoms with E-state index in [9.17, 15) is 0 Å². The molecule has 13 heteroatoms. The summed E-state index contributed by atoms with van der Waals surface area (Å²) in [6.07, 6.45) is 0. The summed E-state index contributed by atoms with van der Waals surface area (Å²) < 4.78 is 31.6.